The molecule has 1 aromatic carbocycles. The maximum atomic E-state index is 11.1. The normalized spacial score (nSPS) is 12.4. The van der Waals surface area contributed by atoms with Crippen molar-refractivity contribution >= 4 is 22.4 Å². The summed E-state index contributed by atoms with van der Waals surface area (Å²) < 4.78 is 11.1. The van der Waals surface area contributed by atoms with Crippen LogP contribution in [-0.2, 0) is 10.8 Å². The van der Waals surface area contributed by atoms with Crippen molar-refractivity contribution in [1.29, 1.82) is 0 Å². The standard InChI is InChI=1S/C10H8ClN3OS/c1-16(15)10-12-6-9(13-14-10)7-2-4-8(11)5-3-7/h2-6H,1H3. The van der Waals surface area contributed by atoms with Crippen LogP contribution < -0.4 is 0 Å². The summed E-state index contributed by atoms with van der Waals surface area (Å²) in [5, 5.41) is 8.63. The molecule has 0 spiro atoms. The van der Waals surface area contributed by atoms with Crippen molar-refractivity contribution in [2.24, 2.45) is 0 Å². The maximum Gasteiger partial charge on any atom is 0.239 e. The Morgan fingerprint density at radius 2 is 1.88 bits per heavy atom. The molecule has 0 saturated carbocycles. The minimum Gasteiger partial charge on any atom is -0.251 e. The summed E-state index contributed by atoms with van der Waals surface area (Å²) in [6, 6.07) is 7.20. The lowest BCUT2D eigenvalue weighted by molar-refractivity contribution is 0.675. The Morgan fingerprint density at radius 1 is 1.19 bits per heavy atom. The van der Waals surface area contributed by atoms with Crippen LogP contribution >= 0.6 is 11.6 Å². The molecule has 0 aliphatic rings. The van der Waals surface area contributed by atoms with Gasteiger partial charge in [0.2, 0.25) is 5.16 Å². The van der Waals surface area contributed by atoms with Crippen LogP contribution in [0.5, 0.6) is 0 Å². The second-order valence-corrected chi connectivity index (χ2v) is 4.80. The van der Waals surface area contributed by atoms with E-state index in [2.05, 4.69) is 15.2 Å². The first-order chi connectivity index (χ1) is 7.66. The Bertz CT molecular complexity index is 513. The van der Waals surface area contributed by atoms with Crippen LogP contribution in [0.2, 0.25) is 5.02 Å². The molecular formula is C10H8ClN3OS. The average molecular weight is 254 g/mol. The Labute approximate surface area is 100 Å². The summed E-state index contributed by atoms with van der Waals surface area (Å²) in [5.74, 6) is 0. The minimum atomic E-state index is -1.20. The fourth-order valence-corrected chi connectivity index (χ4v) is 1.63. The number of hydrogen-bond donors (Lipinski definition) is 0. The second-order valence-electron chi connectivity index (χ2n) is 3.09. The highest BCUT2D eigenvalue weighted by molar-refractivity contribution is 7.84. The van der Waals surface area contributed by atoms with Crippen molar-refractivity contribution in [1.82, 2.24) is 15.2 Å². The van der Waals surface area contributed by atoms with Crippen molar-refractivity contribution in [3.63, 3.8) is 0 Å². The first kappa shape index (κ1) is 11.2. The van der Waals surface area contributed by atoms with Crippen LogP contribution in [0.15, 0.2) is 35.6 Å². The maximum absolute atomic E-state index is 11.1. The van der Waals surface area contributed by atoms with Crippen LogP contribution in [0.4, 0.5) is 0 Å². The second kappa shape index (κ2) is 4.67. The fourth-order valence-electron chi connectivity index (χ4n) is 1.15. The van der Waals surface area contributed by atoms with Crippen LogP contribution in [0, 0.1) is 0 Å². The van der Waals surface area contributed by atoms with Gasteiger partial charge < -0.3 is 0 Å². The van der Waals surface area contributed by atoms with Crippen molar-refractivity contribution in [3.05, 3.63) is 35.5 Å². The van der Waals surface area contributed by atoms with Crippen molar-refractivity contribution < 1.29 is 4.21 Å². The predicted octanol–water partition coefficient (Wildman–Crippen LogP) is 1.93. The van der Waals surface area contributed by atoms with Gasteiger partial charge in [-0.05, 0) is 12.1 Å². The van der Waals surface area contributed by atoms with Gasteiger partial charge in [0.15, 0.2) is 0 Å². The summed E-state index contributed by atoms with van der Waals surface area (Å²) >= 11 is 5.77. The summed E-state index contributed by atoms with van der Waals surface area (Å²) in [4.78, 5) is 3.97. The quantitative estimate of drug-likeness (QED) is 0.821. The molecule has 0 saturated heterocycles. The van der Waals surface area contributed by atoms with Gasteiger partial charge in [-0.1, -0.05) is 23.7 Å². The molecule has 1 aromatic heterocycles. The lowest BCUT2D eigenvalue weighted by atomic mass is 10.2. The molecule has 16 heavy (non-hydrogen) atoms. The van der Waals surface area contributed by atoms with Crippen LogP contribution in [0.1, 0.15) is 0 Å². The van der Waals surface area contributed by atoms with Crippen LogP contribution in [0.3, 0.4) is 0 Å². The van der Waals surface area contributed by atoms with Gasteiger partial charge >= 0.3 is 0 Å². The lowest BCUT2D eigenvalue weighted by Crippen LogP contribution is -1.99. The third kappa shape index (κ3) is 2.43. The van der Waals surface area contributed by atoms with Crippen molar-refractivity contribution in [3.8, 4) is 11.3 Å². The van der Waals surface area contributed by atoms with E-state index in [1.165, 1.54) is 6.26 Å². The molecule has 0 bridgehead atoms. The smallest absolute Gasteiger partial charge is 0.239 e. The van der Waals surface area contributed by atoms with E-state index in [0.717, 1.165) is 5.56 Å². The Balaban J connectivity index is 2.34. The highest BCUT2D eigenvalue weighted by Gasteiger charge is 2.04. The van der Waals surface area contributed by atoms with Crippen molar-refractivity contribution in [2.45, 2.75) is 5.16 Å². The zero-order valence-corrected chi connectivity index (χ0v) is 10.00. The fraction of sp³-hybridized carbons (Fsp3) is 0.100. The van der Waals surface area contributed by atoms with E-state index in [4.69, 9.17) is 11.6 Å². The Morgan fingerprint density at radius 3 is 2.38 bits per heavy atom. The molecular weight excluding hydrogens is 246 g/mol. The van der Waals surface area contributed by atoms with Gasteiger partial charge in [-0.25, -0.2) is 4.98 Å². The number of rotatable bonds is 2. The van der Waals surface area contributed by atoms with Gasteiger partial charge in [0.25, 0.3) is 0 Å². The molecule has 1 atom stereocenters. The van der Waals surface area contributed by atoms with E-state index in [-0.39, 0.29) is 5.16 Å². The highest BCUT2D eigenvalue weighted by atomic mass is 35.5. The highest BCUT2D eigenvalue weighted by Crippen LogP contribution is 2.18. The largest absolute Gasteiger partial charge is 0.251 e. The number of benzene rings is 1. The topological polar surface area (TPSA) is 55.7 Å². The minimum absolute atomic E-state index is 0.234. The molecule has 0 fully saturated rings. The van der Waals surface area contributed by atoms with Crippen molar-refractivity contribution in [2.75, 3.05) is 6.26 Å². The molecule has 0 radical (unpaired) electrons. The molecule has 4 nitrogen and oxygen atoms in total. The molecule has 0 aliphatic carbocycles. The molecule has 2 aromatic rings. The van der Waals surface area contributed by atoms with E-state index in [1.54, 1.807) is 18.3 Å². The lowest BCUT2D eigenvalue weighted by Gasteiger charge is -1.99. The van der Waals surface area contributed by atoms with Crippen LogP contribution in [0.25, 0.3) is 11.3 Å². The van der Waals surface area contributed by atoms with Crippen LogP contribution in [-0.4, -0.2) is 25.6 Å². The Hall–Kier alpha value is -1.33. The van der Waals surface area contributed by atoms with Gasteiger partial charge in [-0.2, -0.15) is 0 Å². The zero-order valence-electron chi connectivity index (χ0n) is 8.42. The van der Waals surface area contributed by atoms with Gasteiger partial charge in [-0.3, -0.25) is 4.21 Å². The first-order valence-corrected chi connectivity index (χ1v) is 6.39. The predicted molar refractivity (Wildman–Crippen MR) is 62.6 cm³/mol. The van der Waals surface area contributed by atoms with Gasteiger partial charge in [0, 0.05) is 16.8 Å². The molecule has 0 amide bonds. The summed E-state index contributed by atoms with van der Waals surface area (Å²) in [7, 11) is -1.20. The molecule has 82 valence electrons. The number of halogens is 1. The zero-order chi connectivity index (χ0) is 11.5. The van der Waals surface area contributed by atoms with E-state index in [9.17, 15) is 4.21 Å². The van der Waals surface area contributed by atoms with Gasteiger partial charge in [0.05, 0.1) is 17.0 Å². The molecule has 6 heteroatoms. The van der Waals surface area contributed by atoms with Gasteiger partial charge in [0.1, 0.15) is 5.69 Å². The third-order valence-electron chi connectivity index (χ3n) is 1.94. The molecule has 0 aliphatic heterocycles. The van der Waals surface area contributed by atoms with E-state index in [1.807, 2.05) is 12.1 Å². The summed E-state index contributed by atoms with van der Waals surface area (Å²) in [6.45, 7) is 0. The van der Waals surface area contributed by atoms with E-state index < -0.39 is 10.8 Å². The first-order valence-electron chi connectivity index (χ1n) is 4.46. The molecule has 0 N–H and O–H groups in total. The van der Waals surface area contributed by atoms with E-state index in [0.29, 0.717) is 10.7 Å². The molecule has 1 heterocycles. The number of hydrogen-bond acceptors (Lipinski definition) is 4. The van der Waals surface area contributed by atoms with Gasteiger partial charge in [-0.15, -0.1) is 10.2 Å². The molecule has 2 rings (SSSR count). The summed E-state index contributed by atoms with van der Waals surface area (Å²) in [6.07, 6.45) is 3.06. The third-order valence-corrected chi connectivity index (χ3v) is 2.89. The van der Waals surface area contributed by atoms with E-state index >= 15 is 0 Å². The average Bonchev–Trinajstić information content (AvgIpc) is 2.30. The number of aromatic nitrogens is 3. The SMILES string of the molecule is CS(=O)c1ncc(-c2ccc(Cl)cc2)nn1. The monoisotopic (exact) mass is 253 g/mol. The summed E-state index contributed by atoms with van der Waals surface area (Å²) in [5.41, 5.74) is 1.50. The molecule has 1 unspecified atom stereocenters. The number of nitrogens with zero attached hydrogens (tertiary/aromatic N) is 3. The Kier molecular flexibility index (Phi) is 3.26.